The van der Waals surface area contributed by atoms with E-state index in [1.54, 1.807) is 0 Å². The Kier molecular flexibility index (Phi) is 45.6. The summed E-state index contributed by atoms with van der Waals surface area (Å²) in [6, 6.07) is 0. The van der Waals surface area contributed by atoms with Crippen LogP contribution in [0.5, 0.6) is 0 Å². The normalized spacial score (nSPS) is 14.8. The third kappa shape index (κ3) is 11400. The standard InChI is InChI=1S/4C3H6O.Ti/c4*1-3(2)4;/h4*3H,1H2,2H3;/q4*-2;+4. The van der Waals surface area contributed by atoms with Crippen molar-refractivity contribution in [3.63, 3.8) is 0 Å². The van der Waals surface area contributed by atoms with Crippen LogP contribution < -0.4 is 20.4 Å². The predicted molar refractivity (Wildman–Crippen MR) is 59.3 cm³/mol. The first-order valence-electron chi connectivity index (χ1n) is 4.89. The third-order valence-corrected chi connectivity index (χ3v) is 0. The fourth-order valence-electron chi connectivity index (χ4n) is 0. The number of rotatable bonds is 0. The van der Waals surface area contributed by atoms with Crippen molar-refractivity contribution in [3.05, 3.63) is 27.7 Å². The van der Waals surface area contributed by atoms with Crippen molar-refractivity contribution in [2.24, 2.45) is 0 Å². The summed E-state index contributed by atoms with van der Waals surface area (Å²) >= 11 is 0. The van der Waals surface area contributed by atoms with Crippen molar-refractivity contribution in [1.82, 2.24) is 0 Å². The molecule has 0 aliphatic carbocycles. The van der Waals surface area contributed by atoms with Gasteiger partial charge >= 0.3 is 21.7 Å². The van der Waals surface area contributed by atoms with Gasteiger partial charge in [-0.3, -0.25) is 24.4 Å². The number of hydrogen-bond acceptors (Lipinski definition) is 4. The Morgan fingerprint density at radius 2 is 0.529 bits per heavy atom. The Balaban J connectivity index is -0.0000000369. The predicted octanol–water partition coefficient (Wildman–Crippen LogP) is -1.73. The van der Waals surface area contributed by atoms with E-state index in [0.29, 0.717) is 0 Å². The van der Waals surface area contributed by atoms with Crippen LogP contribution in [-0.4, -0.2) is 24.4 Å². The minimum atomic E-state index is -0.667. The molecule has 4 nitrogen and oxygen atoms in total. The second-order valence-corrected chi connectivity index (χ2v) is 3.24. The molecule has 0 heterocycles. The largest absolute Gasteiger partial charge is 4.00 e. The van der Waals surface area contributed by atoms with Crippen molar-refractivity contribution >= 4 is 0 Å². The molecule has 0 amide bonds. The minimum Gasteiger partial charge on any atom is -0.876 e. The van der Waals surface area contributed by atoms with E-state index in [9.17, 15) is 20.4 Å². The van der Waals surface area contributed by atoms with E-state index in [4.69, 9.17) is 0 Å². The second-order valence-electron chi connectivity index (χ2n) is 3.24. The fourth-order valence-corrected chi connectivity index (χ4v) is 0. The Hall–Kier alpha value is 0.554. The second kappa shape index (κ2) is 25.4. The van der Waals surface area contributed by atoms with Gasteiger partial charge in [0, 0.05) is 0 Å². The van der Waals surface area contributed by atoms with Gasteiger partial charge < -0.3 is 48.1 Å². The van der Waals surface area contributed by atoms with Gasteiger partial charge in [-0.15, -0.1) is 27.7 Å². The van der Waals surface area contributed by atoms with Crippen molar-refractivity contribution in [2.45, 2.75) is 52.1 Å². The summed E-state index contributed by atoms with van der Waals surface area (Å²) in [5.74, 6) is 0. The first kappa shape index (κ1) is 30.5. The molecule has 0 fully saturated rings. The average molecular weight is 280 g/mol. The Morgan fingerprint density at radius 1 is 0.529 bits per heavy atom. The molecule has 0 spiro atoms. The SMILES string of the molecule is [CH2-]C(C)[O-].[CH2-]C(C)[O-].[CH2-]C(C)[O-].[CH2-]C(C)[O-].[Ti+4]. The fraction of sp³-hybridized carbons (Fsp3) is 0.667. The van der Waals surface area contributed by atoms with Gasteiger partial charge in [0.05, 0.1) is 0 Å². The van der Waals surface area contributed by atoms with Crippen LogP contribution in [0.25, 0.3) is 0 Å². The molecule has 0 aromatic rings. The summed E-state index contributed by atoms with van der Waals surface area (Å²) in [5, 5.41) is 37.7. The topological polar surface area (TPSA) is 92.2 Å². The van der Waals surface area contributed by atoms with Crippen LogP contribution in [0.4, 0.5) is 0 Å². The van der Waals surface area contributed by atoms with E-state index < -0.39 is 24.4 Å². The van der Waals surface area contributed by atoms with E-state index in [1.807, 2.05) is 0 Å². The molecule has 0 aromatic heterocycles. The maximum atomic E-state index is 9.42. The molecule has 0 saturated carbocycles. The molecule has 5 heteroatoms. The van der Waals surface area contributed by atoms with Crippen molar-refractivity contribution in [3.8, 4) is 0 Å². The average Bonchev–Trinajstić information content (AvgIpc) is 1.76. The summed E-state index contributed by atoms with van der Waals surface area (Å²) < 4.78 is 0. The summed E-state index contributed by atoms with van der Waals surface area (Å²) in [5.41, 5.74) is 0. The van der Waals surface area contributed by atoms with Crippen LogP contribution in [0, 0.1) is 27.7 Å². The molecule has 0 saturated heterocycles. The van der Waals surface area contributed by atoms with E-state index in [0.717, 1.165) is 0 Å². The maximum Gasteiger partial charge on any atom is 4.00 e. The van der Waals surface area contributed by atoms with Gasteiger partial charge in [0.15, 0.2) is 0 Å². The smallest absolute Gasteiger partial charge is 0.876 e. The molecule has 0 radical (unpaired) electrons. The van der Waals surface area contributed by atoms with Crippen LogP contribution in [0.2, 0.25) is 0 Å². The molecule has 0 N–H and O–H groups in total. The molecule has 0 aliphatic heterocycles. The van der Waals surface area contributed by atoms with E-state index in [-0.39, 0.29) is 21.7 Å². The van der Waals surface area contributed by atoms with Gasteiger partial charge in [-0.2, -0.15) is 0 Å². The molecule has 0 aromatic carbocycles. The Labute approximate surface area is 122 Å². The molecular weight excluding hydrogens is 256 g/mol. The molecule has 0 aliphatic rings. The quantitative estimate of drug-likeness (QED) is 0.389. The van der Waals surface area contributed by atoms with Crippen molar-refractivity contribution in [2.75, 3.05) is 0 Å². The minimum absolute atomic E-state index is 0. The van der Waals surface area contributed by atoms with Crippen molar-refractivity contribution in [1.29, 1.82) is 0 Å². The molecule has 104 valence electrons. The van der Waals surface area contributed by atoms with Gasteiger partial charge in [-0.25, -0.2) is 0 Å². The zero-order valence-corrected chi connectivity index (χ0v) is 12.8. The van der Waals surface area contributed by atoms with Gasteiger partial charge in [-0.05, 0) is 0 Å². The zero-order valence-electron chi connectivity index (χ0n) is 11.3. The summed E-state index contributed by atoms with van der Waals surface area (Å²) in [7, 11) is 0. The van der Waals surface area contributed by atoms with Crippen LogP contribution in [0.15, 0.2) is 0 Å². The van der Waals surface area contributed by atoms with Crippen LogP contribution >= 0.6 is 0 Å². The molecule has 0 bridgehead atoms. The summed E-state index contributed by atoms with van der Waals surface area (Å²) in [6.07, 6.45) is -2.67. The summed E-state index contributed by atoms with van der Waals surface area (Å²) in [6.45, 7) is 18.3. The third-order valence-electron chi connectivity index (χ3n) is 0. The van der Waals surface area contributed by atoms with Gasteiger partial charge in [0.25, 0.3) is 0 Å². The maximum absolute atomic E-state index is 9.42. The molecule has 0 rings (SSSR count). The van der Waals surface area contributed by atoms with Crippen LogP contribution in [0.3, 0.4) is 0 Å². The molecule has 4 atom stereocenters. The van der Waals surface area contributed by atoms with E-state index >= 15 is 0 Å². The molecular formula is C12H24O4Ti-4. The van der Waals surface area contributed by atoms with Crippen molar-refractivity contribution < 1.29 is 42.1 Å². The Bertz CT molecular complexity index is 61.5. The van der Waals surface area contributed by atoms with E-state index in [2.05, 4.69) is 27.7 Å². The van der Waals surface area contributed by atoms with Gasteiger partial charge in [-0.1, -0.05) is 0 Å². The van der Waals surface area contributed by atoms with Gasteiger partial charge in [0.1, 0.15) is 0 Å². The first-order valence-corrected chi connectivity index (χ1v) is 4.89. The number of hydrogen-bond donors (Lipinski definition) is 0. The molecule has 17 heavy (non-hydrogen) atoms. The molecule has 4 unspecified atom stereocenters. The monoisotopic (exact) mass is 280 g/mol. The Morgan fingerprint density at radius 3 is 0.529 bits per heavy atom. The van der Waals surface area contributed by atoms with Gasteiger partial charge in [0.2, 0.25) is 0 Å². The summed E-state index contributed by atoms with van der Waals surface area (Å²) in [4.78, 5) is 0. The first-order chi connectivity index (χ1) is 6.93. The zero-order chi connectivity index (χ0) is 14.3. The van der Waals surface area contributed by atoms with Crippen LogP contribution in [0.1, 0.15) is 27.7 Å². The van der Waals surface area contributed by atoms with E-state index in [1.165, 1.54) is 27.7 Å². The van der Waals surface area contributed by atoms with Crippen LogP contribution in [-0.2, 0) is 21.7 Å².